The number of aromatic nitrogens is 2. The Balaban J connectivity index is 1.66. The summed E-state index contributed by atoms with van der Waals surface area (Å²) < 4.78 is 20.3. The van der Waals surface area contributed by atoms with Gasteiger partial charge in [0.25, 0.3) is 5.56 Å². The van der Waals surface area contributed by atoms with E-state index < -0.39 is 18.0 Å². The molecule has 10 heteroatoms. The summed E-state index contributed by atoms with van der Waals surface area (Å²) in [7, 11) is 1.37. The van der Waals surface area contributed by atoms with Crippen LogP contribution in [0, 0.1) is 20.8 Å². The Morgan fingerprint density at radius 3 is 2.40 bits per heavy atom. The van der Waals surface area contributed by atoms with Gasteiger partial charge in [-0.25, -0.2) is 14.6 Å². The van der Waals surface area contributed by atoms with E-state index in [9.17, 15) is 14.4 Å². The van der Waals surface area contributed by atoms with Crippen LogP contribution in [-0.4, -0.2) is 40.9 Å². The molecule has 2 aromatic carbocycles. The number of carbonyl (C=O) groups is 2. The van der Waals surface area contributed by atoms with Crippen molar-refractivity contribution in [2.24, 2.45) is 4.99 Å². The maximum Gasteiger partial charge on any atom is 0.338 e. The Hall–Kier alpha value is -4.70. The lowest BCUT2D eigenvalue weighted by Crippen LogP contribution is -2.40. The number of hydrogen-bond acceptors (Lipinski definition) is 8. The van der Waals surface area contributed by atoms with Crippen molar-refractivity contribution in [3.8, 4) is 11.4 Å². The fourth-order valence-electron chi connectivity index (χ4n) is 5.73. The first-order valence-electron chi connectivity index (χ1n) is 14.8. The van der Waals surface area contributed by atoms with Crippen molar-refractivity contribution in [2.75, 3.05) is 13.7 Å². The molecule has 0 bridgehead atoms. The summed E-state index contributed by atoms with van der Waals surface area (Å²) in [5.41, 5.74) is 6.17. The summed E-state index contributed by atoms with van der Waals surface area (Å²) >= 11 is 1.28. The number of benzene rings is 2. The number of thiazole rings is 1. The summed E-state index contributed by atoms with van der Waals surface area (Å²) in [6.07, 6.45) is 1.53. The fourth-order valence-corrected chi connectivity index (χ4v) is 6.77. The number of carbonyl (C=O) groups excluding carboxylic acids is 2. The number of methoxy groups -OCH3 is 1. The highest BCUT2D eigenvalue weighted by Crippen LogP contribution is 2.32. The molecule has 0 radical (unpaired) electrons. The Morgan fingerprint density at radius 2 is 1.76 bits per heavy atom. The standard InChI is InChI=1S/C35H37N3O6S/c1-9-43-26-15-13-24(14-16-26)31-30(34(41)44-19(2)3)22(6)36-35-38(31)32(39)29(45-35)18-25-17-20(4)37(23(25)7)28-12-10-11-27(21(28)5)33(40)42-8/h10-19,31H,9H2,1-8H3/b29-18-/t31-/m1/s1. The molecular weight excluding hydrogens is 590 g/mol. The summed E-state index contributed by atoms with van der Waals surface area (Å²) in [5, 5.41) is 0. The number of allylic oxidation sites excluding steroid dienone is 1. The van der Waals surface area contributed by atoms with E-state index in [0.717, 1.165) is 33.8 Å². The number of ether oxygens (including phenoxy) is 3. The molecule has 3 heterocycles. The van der Waals surface area contributed by atoms with Crippen LogP contribution in [0.1, 0.15) is 72.2 Å². The first-order valence-corrected chi connectivity index (χ1v) is 15.6. The van der Waals surface area contributed by atoms with Gasteiger partial charge in [-0.15, -0.1) is 0 Å². The lowest BCUT2D eigenvalue weighted by atomic mass is 9.96. The smallest absolute Gasteiger partial charge is 0.338 e. The lowest BCUT2D eigenvalue weighted by Gasteiger charge is -2.25. The number of nitrogens with zero attached hydrogens (tertiary/aromatic N) is 3. The molecule has 0 spiro atoms. The average Bonchev–Trinajstić information content (AvgIpc) is 3.45. The maximum absolute atomic E-state index is 14.2. The molecule has 45 heavy (non-hydrogen) atoms. The number of esters is 2. The topological polar surface area (TPSA) is 101 Å². The average molecular weight is 628 g/mol. The van der Waals surface area contributed by atoms with Crippen LogP contribution in [0.5, 0.6) is 5.75 Å². The van der Waals surface area contributed by atoms with Crippen molar-refractivity contribution in [1.82, 2.24) is 9.13 Å². The van der Waals surface area contributed by atoms with E-state index in [4.69, 9.17) is 19.2 Å². The van der Waals surface area contributed by atoms with Crippen molar-refractivity contribution in [1.29, 1.82) is 0 Å². The largest absolute Gasteiger partial charge is 0.494 e. The Morgan fingerprint density at radius 1 is 1.04 bits per heavy atom. The highest BCUT2D eigenvalue weighted by Gasteiger charge is 2.34. The van der Waals surface area contributed by atoms with E-state index in [0.29, 0.717) is 38.5 Å². The summed E-state index contributed by atoms with van der Waals surface area (Å²) in [5.74, 6) is -0.205. The zero-order valence-corrected chi connectivity index (χ0v) is 27.6. The number of fused-ring (bicyclic) bond motifs is 1. The SMILES string of the molecule is CCOc1ccc([C@@H]2C(C(=O)OC(C)C)=C(C)N=c3s/c(=C\c4cc(C)n(-c5cccc(C(=O)OC)c5C)c4C)c(=O)n32)cc1. The second-order valence-corrected chi connectivity index (χ2v) is 12.2. The van der Waals surface area contributed by atoms with Crippen molar-refractivity contribution in [2.45, 2.75) is 60.6 Å². The van der Waals surface area contributed by atoms with E-state index in [2.05, 4.69) is 4.57 Å². The van der Waals surface area contributed by atoms with Crippen LogP contribution in [0.3, 0.4) is 0 Å². The number of rotatable bonds is 8. The van der Waals surface area contributed by atoms with E-state index in [1.165, 1.54) is 18.4 Å². The fraction of sp³-hybridized carbons (Fsp3) is 0.314. The molecule has 2 aromatic heterocycles. The van der Waals surface area contributed by atoms with Crippen molar-refractivity contribution >= 4 is 29.4 Å². The third-order valence-corrected chi connectivity index (χ3v) is 8.78. The maximum atomic E-state index is 14.2. The van der Waals surface area contributed by atoms with Gasteiger partial charge >= 0.3 is 11.9 Å². The second kappa shape index (κ2) is 12.7. The molecule has 0 saturated heterocycles. The molecule has 0 unspecified atom stereocenters. The van der Waals surface area contributed by atoms with E-state index in [1.807, 2.05) is 76.2 Å². The van der Waals surface area contributed by atoms with Crippen LogP contribution in [0.2, 0.25) is 0 Å². The summed E-state index contributed by atoms with van der Waals surface area (Å²) in [6, 6.07) is 14.2. The second-order valence-electron chi connectivity index (χ2n) is 11.1. The predicted molar refractivity (Wildman–Crippen MR) is 174 cm³/mol. The molecule has 0 amide bonds. The molecule has 5 rings (SSSR count). The van der Waals surface area contributed by atoms with Gasteiger partial charge in [0.1, 0.15) is 5.75 Å². The Labute approximate surface area is 265 Å². The minimum Gasteiger partial charge on any atom is -0.494 e. The molecule has 234 valence electrons. The van der Waals surface area contributed by atoms with Gasteiger partial charge in [0.05, 0.1) is 47.2 Å². The molecule has 0 fully saturated rings. The van der Waals surface area contributed by atoms with Crippen LogP contribution in [-0.2, 0) is 14.3 Å². The van der Waals surface area contributed by atoms with E-state index in [-0.39, 0.29) is 11.7 Å². The van der Waals surface area contributed by atoms with E-state index in [1.54, 1.807) is 31.4 Å². The van der Waals surface area contributed by atoms with Crippen molar-refractivity contribution < 1.29 is 23.8 Å². The van der Waals surface area contributed by atoms with Gasteiger partial charge in [0.2, 0.25) is 0 Å². The third-order valence-electron chi connectivity index (χ3n) is 7.80. The summed E-state index contributed by atoms with van der Waals surface area (Å²) in [4.78, 5) is 45.1. The van der Waals surface area contributed by atoms with Gasteiger partial charge in [0.15, 0.2) is 4.80 Å². The first-order chi connectivity index (χ1) is 21.5. The van der Waals surface area contributed by atoms with Gasteiger partial charge < -0.3 is 18.8 Å². The van der Waals surface area contributed by atoms with Crippen LogP contribution < -0.4 is 19.6 Å². The Bertz CT molecular complexity index is 2010. The lowest BCUT2D eigenvalue weighted by molar-refractivity contribution is -0.143. The Kier molecular flexibility index (Phi) is 8.97. The van der Waals surface area contributed by atoms with Crippen LogP contribution in [0.25, 0.3) is 11.8 Å². The van der Waals surface area contributed by atoms with Crippen LogP contribution in [0.15, 0.2) is 69.6 Å². The highest BCUT2D eigenvalue weighted by atomic mass is 32.1. The molecule has 1 aliphatic heterocycles. The highest BCUT2D eigenvalue weighted by molar-refractivity contribution is 7.07. The molecule has 1 aliphatic rings. The minimum absolute atomic E-state index is 0.256. The molecule has 4 aromatic rings. The van der Waals surface area contributed by atoms with Gasteiger partial charge in [-0.05, 0) is 102 Å². The van der Waals surface area contributed by atoms with E-state index >= 15 is 0 Å². The van der Waals surface area contributed by atoms with Gasteiger partial charge in [-0.3, -0.25) is 9.36 Å². The predicted octanol–water partition coefficient (Wildman–Crippen LogP) is 5.09. The van der Waals surface area contributed by atoms with Gasteiger partial charge in [-0.2, -0.15) is 0 Å². The number of hydrogen-bond donors (Lipinski definition) is 0. The zero-order valence-electron chi connectivity index (χ0n) is 26.8. The number of aryl methyl sites for hydroxylation is 1. The van der Waals surface area contributed by atoms with Crippen LogP contribution in [0.4, 0.5) is 0 Å². The normalized spacial score (nSPS) is 14.8. The quantitative estimate of drug-likeness (QED) is 0.253. The molecular formula is C35H37N3O6S. The van der Waals surface area contributed by atoms with Crippen molar-refractivity contribution in [3.63, 3.8) is 0 Å². The molecule has 1 atom stereocenters. The van der Waals surface area contributed by atoms with Gasteiger partial charge in [0, 0.05) is 17.1 Å². The monoisotopic (exact) mass is 627 g/mol. The molecule has 0 N–H and O–H groups in total. The first kappa shape index (κ1) is 31.7. The zero-order chi connectivity index (χ0) is 32.6. The minimum atomic E-state index is -0.721. The third kappa shape index (κ3) is 5.90. The molecule has 0 aliphatic carbocycles. The molecule has 0 saturated carbocycles. The van der Waals surface area contributed by atoms with Crippen LogP contribution >= 0.6 is 11.3 Å². The molecule has 9 nitrogen and oxygen atoms in total. The summed E-state index contributed by atoms with van der Waals surface area (Å²) in [6.45, 7) is 13.6. The van der Waals surface area contributed by atoms with Crippen molar-refractivity contribution in [3.05, 3.63) is 113 Å². The van der Waals surface area contributed by atoms with Gasteiger partial charge in [-0.1, -0.05) is 29.5 Å².